The van der Waals surface area contributed by atoms with Crippen LogP contribution in [0.25, 0.3) is 5.69 Å². The Morgan fingerprint density at radius 2 is 2.10 bits per heavy atom. The second kappa shape index (κ2) is 6.13. The molecule has 20 heavy (non-hydrogen) atoms. The zero-order chi connectivity index (χ0) is 14.7. The van der Waals surface area contributed by atoms with Gasteiger partial charge in [0.1, 0.15) is 17.2 Å². The van der Waals surface area contributed by atoms with Gasteiger partial charge in [-0.3, -0.25) is 0 Å². The van der Waals surface area contributed by atoms with Gasteiger partial charge in [0.05, 0.1) is 11.7 Å². The maximum absolute atomic E-state index is 14.0. The second-order valence-corrected chi connectivity index (χ2v) is 5.10. The highest BCUT2D eigenvalue weighted by Gasteiger charge is 2.17. The van der Waals surface area contributed by atoms with Crippen molar-refractivity contribution in [1.29, 1.82) is 0 Å². The van der Waals surface area contributed by atoms with E-state index >= 15 is 0 Å². The van der Waals surface area contributed by atoms with Gasteiger partial charge in [-0.15, -0.1) is 5.10 Å². The molecule has 0 amide bonds. The average molecular weight is 276 g/mol. The van der Waals surface area contributed by atoms with E-state index in [1.165, 1.54) is 6.07 Å². The molecule has 0 radical (unpaired) electrons. The molecular weight excluding hydrogens is 255 g/mol. The minimum atomic E-state index is -0.279. The van der Waals surface area contributed by atoms with Crippen LogP contribution >= 0.6 is 0 Å². The van der Waals surface area contributed by atoms with Crippen LogP contribution in [0.1, 0.15) is 43.3 Å². The molecule has 1 aromatic heterocycles. The van der Waals surface area contributed by atoms with E-state index in [1.54, 1.807) is 10.7 Å². The van der Waals surface area contributed by atoms with Gasteiger partial charge < -0.3 is 5.32 Å². The lowest BCUT2D eigenvalue weighted by Gasteiger charge is -2.11. The standard InChI is InChI=1S/C15H21FN4/c1-5-8-17-11(3)15-12(4)20(19-18-15)14-7-6-10(2)9-13(14)16/h6-7,9,11,17H,5,8H2,1-4H3. The summed E-state index contributed by atoms with van der Waals surface area (Å²) in [5.74, 6) is -0.279. The minimum absolute atomic E-state index is 0.109. The van der Waals surface area contributed by atoms with Gasteiger partial charge in [-0.2, -0.15) is 0 Å². The summed E-state index contributed by atoms with van der Waals surface area (Å²) in [5, 5.41) is 11.7. The van der Waals surface area contributed by atoms with E-state index in [9.17, 15) is 4.39 Å². The number of aromatic nitrogens is 3. The van der Waals surface area contributed by atoms with Crippen LogP contribution in [0.15, 0.2) is 18.2 Å². The van der Waals surface area contributed by atoms with Gasteiger partial charge in [-0.25, -0.2) is 9.07 Å². The third-order valence-corrected chi connectivity index (χ3v) is 3.37. The molecule has 0 spiro atoms. The van der Waals surface area contributed by atoms with Crippen molar-refractivity contribution in [3.63, 3.8) is 0 Å². The average Bonchev–Trinajstić information content (AvgIpc) is 2.78. The predicted molar refractivity (Wildman–Crippen MR) is 77.5 cm³/mol. The van der Waals surface area contributed by atoms with Gasteiger partial charge in [0.15, 0.2) is 0 Å². The summed E-state index contributed by atoms with van der Waals surface area (Å²) in [6, 6.07) is 5.23. The summed E-state index contributed by atoms with van der Waals surface area (Å²) < 4.78 is 15.6. The molecule has 0 saturated carbocycles. The van der Waals surface area contributed by atoms with Crippen molar-refractivity contribution < 1.29 is 4.39 Å². The van der Waals surface area contributed by atoms with E-state index in [1.807, 2.05) is 26.8 Å². The fourth-order valence-electron chi connectivity index (χ4n) is 2.21. The van der Waals surface area contributed by atoms with E-state index in [4.69, 9.17) is 0 Å². The highest BCUT2D eigenvalue weighted by Crippen LogP contribution is 2.20. The molecule has 0 bridgehead atoms. The predicted octanol–water partition coefficient (Wildman–Crippen LogP) is 3.08. The fourth-order valence-corrected chi connectivity index (χ4v) is 2.21. The number of benzene rings is 1. The van der Waals surface area contributed by atoms with Crippen LogP contribution in [0, 0.1) is 19.7 Å². The Kier molecular flexibility index (Phi) is 4.49. The molecular formula is C15H21FN4. The molecule has 0 saturated heterocycles. The molecule has 0 aliphatic carbocycles. The van der Waals surface area contributed by atoms with Crippen molar-refractivity contribution in [2.45, 2.75) is 40.2 Å². The Morgan fingerprint density at radius 1 is 1.35 bits per heavy atom. The first-order chi connectivity index (χ1) is 9.54. The first-order valence-electron chi connectivity index (χ1n) is 6.96. The summed E-state index contributed by atoms with van der Waals surface area (Å²) in [6.07, 6.45) is 1.06. The number of halogens is 1. The molecule has 1 atom stereocenters. The Labute approximate surface area is 119 Å². The second-order valence-electron chi connectivity index (χ2n) is 5.10. The molecule has 2 rings (SSSR count). The fraction of sp³-hybridized carbons (Fsp3) is 0.467. The summed E-state index contributed by atoms with van der Waals surface area (Å²) in [5.41, 5.74) is 3.05. The van der Waals surface area contributed by atoms with Crippen molar-refractivity contribution in [2.24, 2.45) is 0 Å². The number of nitrogens with zero attached hydrogens (tertiary/aromatic N) is 3. The Hall–Kier alpha value is -1.75. The van der Waals surface area contributed by atoms with Crippen LogP contribution in [0.2, 0.25) is 0 Å². The summed E-state index contributed by atoms with van der Waals surface area (Å²) in [6.45, 7) is 8.86. The Balaban J connectivity index is 2.33. The zero-order valence-electron chi connectivity index (χ0n) is 12.4. The third kappa shape index (κ3) is 2.88. The van der Waals surface area contributed by atoms with Crippen molar-refractivity contribution in [2.75, 3.05) is 6.54 Å². The lowest BCUT2D eigenvalue weighted by molar-refractivity contribution is 0.555. The number of rotatable bonds is 5. The number of aryl methyl sites for hydroxylation is 1. The first kappa shape index (κ1) is 14.7. The maximum Gasteiger partial charge on any atom is 0.149 e. The first-order valence-corrected chi connectivity index (χ1v) is 6.96. The van der Waals surface area contributed by atoms with E-state index in [2.05, 4.69) is 22.6 Å². The molecule has 1 unspecified atom stereocenters. The molecule has 4 nitrogen and oxygen atoms in total. The largest absolute Gasteiger partial charge is 0.309 e. The normalized spacial score (nSPS) is 12.7. The van der Waals surface area contributed by atoms with Crippen LogP contribution in [0.3, 0.4) is 0 Å². The number of nitrogens with one attached hydrogen (secondary N) is 1. The maximum atomic E-state index is 14.0. The van der Waals surface area contributed by atoms with Crippen molar-refractivity contribution in [3.8, 4) is 5.69 Å². The van der Waals surface area contributed by atoms with E-state index in [-0.39, 0.29) is 11.9 Å². The Morgan fingerprint density at radius 3 is 2.75 bits per heavy atom. The molecule has 1 heterocycles. The molecule has 1 N–H and O–H groups in total. The number of hydrogen-bond acceptors (Lipinski definition) is 3. The topological polar surface area (TPSA) is 42.7 Å². The Bertz CT molecular complexity index is 592. The van der Waals surface area contributed by atoms with Crippen molar-refractivity contribution >= 4 is 0 Å². The highest BCUT2D eigenvalue weighted by molar-refractivity contribution is 5.37. The van der Waals surface area contributed by atoms with Gasteiger partial charge in [-0.05, 0) is 51.4 Å². The van der Waals surface area contributed by atoms with Gasteiger partial charge in [0.2, 0.25) is 0 Å². The van der Waals surface area contributed by atoms with Gasteiger partial charge in [0.25, 0.3) is 0 Å². The quantitative estimate of drug-likeness (QED) is 0.912. The summed E-state index contributed by atoms with van der Waals surface area (Å²) >= 11 is 0. The van der Waals surface area contributed by atoms with Gasteiger partial charge in [-0.1, -0.05) is 18.2 Å². The van der Waals surface area contributed by atoms with E-state index in [0.717, 1.165) is 29.9 Å². The smallest absolute Gasteiger partial charge is 0.149 e. The summed E-state index contributed by atoms with van der Waals surface area (Å²) in [4.78, 5) is 0. The lowest BCUT2D eigenvalue weighted by Crippen LogP contribution is -2.20. The van der Waals surface area contributed by atoms with Crippen molar-refractivity contribution in [3.05, 3.63) is 41.0 Å². The van der Waals surface area contributed by atoms with Crippen LogP contribution < -0.4 is 5.32 Å². The van der Waals surface area contributed by atoms with Crippen LogP contribution in [0.5, 0.6) is 0 Å². The zero-order valence-corrected chi connectivity index (χ0v) is 12.4. The number of hydrogen-bond donors (Lipinski definition) is 1. The van der Waals surface area contributed by atoms with Crippen LogP contribution in [0.4, 0.5) is 4.39 Å². The molecule has 0 fully saturated rings. The SMILES string of the molecule is CCCNC(C)c1nnn(-c2ccc(C)cc2F)c1C. The molecule has 0 aliphatic rings. The van der Waals surface area contributed by atoms with Crippen LogP contribution in [-0.4, -0.2) is 21.5 Å². The molecule has 0 aliphatic heterocycles. The van der Waals surface area contributed by atoms with Crippen molar-refractivity contribution in [1.82, 2.24) is 20.3 Å². The van der Waals surface area contributed by atoms with Gasteiger partial charge >= 0.3 is 0 Å². The van der Waals surface area contributed by atoms with Crippen LogP contribution in [-0.2, 0) is 0 Å². The minimum Gasteiger partial charge on any atom is -0.309 e. The van der Waals surface area contributed by atoms with E-state index < -0.39 is 0 Å². The summed E-state index contributed by atoms with van der Waals surface area (Å²) in [7, 11) is 0. The lowest BCUT2D eigenvalue weighted by atomic mass is 10.2. The molecule has 2 aromatic rings. The third-order valence-electron chi connectivity index (χ3n) is 3.37. The molecule has 108 valence electrons. The molecule has 1 aromatic carbocycles. The van der Waals surface area contributed by atoms with Gasteiger partial charge in [0, 0.05) is 0 Å². The highest BCUT2D eigenvalue weighted by atomic mass is 19.1. The molecule has 5 heteroatoms. The van der Waals surface area contributed by atoms with E-state index in [0.29, 0.717) is 5.69 Å². The monoisotopic (exact) mass is 276 g/mol.